The maximum absolute atomic E-state index is 6.23. The molecule has 0 aliphatic carbocycles. The lowest BCUT2D eigenvalue weighted by Gasteiger charge is -2.10. The number of pyridine rings is 1. The van der Waals surface area contributed by atoms with Gasteiger partial charge in [-0.05, 0) is 43.5 Å². The highest BCUT2D eigenvalue weighted by Gasteiger charge is 2.09. The van der Waals surface area contributed by atoms with Gasteiger partial charge in [0.25, 0.3) is 0 Å². The Morgan fingerprint density at radius 2 is 1.87 bits per heavy atom. The number of rotatable bonds is 0. The summed E-state index contributed by atoms with van der Waals surface area (Å²) in [5.74, 6) is 0. The van der Waals surface area contributed by atoms with Crippen LogP contribution in [0.5, 0.6) is 0 Å². The molecule has 0 saturated heterocycles. The molecule has 0 aliphatic heterocycles. The number of hydrogen-bond donors (Lipinski definition) is 1. The van der Waals surface area contributed by atoms with Gasteiger partial charge in [0.1, 0.15) is 0 Å². The minimum atomic E-state index is 0.729. The van der Waals surface area contributed by atoms with Gasteiger partial charge in [-0.25, -0.2) is 0 Å². The van der Waals surface area contributed by atoms with E-state index >= 15 is 0 Å². The monoisotopic (exact) mass is 220 g/mol. The van der Waals surface area contributed by atoms with Gasteiger partial charge in [0.15, 0.2) is 0 Å². The molecule has 15 heavy (non-hydrogen) atoms. The zero-order chi connectivity index (χ0) is 11.2. The van der Waals surface area contributed by atoms with Crippen molar-refractivity contribution in [1.82, 2.24) is 4.98 Å². The smallest absolute Gasteiger partial charge is 0.0949 e. The molecule has 3 heteroatoms. The van der Waals surface area contributed by atoms with Gasteiger partial charge in [-0.1, -0.05) is 11.6 Å². The Kier molecular flexibility index (Phi) is 2.31. The Morgan fingerprint density at radius 1 is 1.20 bits per heavy atom. The fourth-order valence-corrected chi connectivity index (χ4v) is 1.86. The fraction of sp³-hybridized carbons (Fsp3) is 0.250. The molecular weight excluding hydrogens is 208 g/mol. The number of nitrogens with zero attached hydrogens (tertiary/aromatic N) is 1. The number of fused-ring (bicyclic) bond motifs is 1. The Hall–Kier alpha value is -1.28. The third-order valence-corrected chi connectivity index (χ3v) is 3.34. The normalized spacial score (nSPS) is 10.9. The van der Waals surface area contributed by atoms with Gasteiger partial charge in [-0.3, -0.25) is 4.98 Å². The first-order chi connectivity index (χ1) is 7.02. The van der Waals surface area contributed by atoms with Crippen LogP contribution in [0.4, 0.5) is 5.69 Å². The molecule has 0 saturated carbocycles. The summed E-state index contributed by atoms with van der Waals surface area (Å²) in [5, 5.41) is 1.69. The van der Waals surface area contributed by atoms with Crippen LogP contribution >= 0.6 is 11.6 Å². The molecule has 0 bridgehead atoms. The summed E-state index contributed by atoms with van der Waals surface area (Å²) in [6.45, 7) is 5.98. The number of halogens is 1. The summed E-state index contributed by atoms with van der Waals surface area (Å²) >= 11 is 6.23. The SMILES string of the molecule is Cc1cc2c(Cl)c(C)cnc2c(N)c1C. The summed E-state index contributed by atoms with van der Waals surface area (Å²) in [6, 6.07) is 2.04. The van der Waals surface area contributed by atoms with Gasteiger partial charge in [0.05, 0.1) is 16.2 Å². The maximum atomic E-state index is 6.23. The standard InChI is InChI=1S/C12H13ClN2/c1-6-4-9-10(13)7(2)5-15-12(9)11(14)8(6)3/h4-5H,14H2,1-3H3. The van der Waals surface area contributed by atoms with Crippen LogP contribution in [-0.4, -0.2) is 4.98 Å². The molecule has 2 rings (SSSR count). The number of anilines is 1. The quantitative estimate of drug-likeness (QED) is 0.692. The van der Waals surface area contributed by atoms with Gasteiger partial charge >= 0.3 is 0 Å². The maximum Gasteiger partial charge on any atom is 0.0949 e. The molecule has 1 aromatic carbocycles. The van der Waals surface area contributed by atoms with Gasteiger partial charge < -0.3 is 5.73 Å². The Labute approximate surface area is 94.1 Å². The van der Waals surface area contributed by atoms with E-state index in [0.29, 0.717) is 0 Å². The van der Waals surface area contributed by atoms with Crippen molar-refractivity contribution >= 4 is 28.2 Å². The number of benzene rings is 1. The summed E-state index contributed by atoms with van der Waals surface area (Å²) in [5.41, 5.74) is 10.7. The lowest BCUT2D eigenvalue weighted by molar-refractivity contribution is 1.30. The van der Waals surface area contributed by atoms with Crippen molar-refractivity contribution in [2.75, 3.05) is 5.73 Å². The first kappa shape index (κ1) is 10.2. The second-order valence-electron chi connectivity index (χ2n) is 3.88. The lowest BCUT2D eigenvalue weighted by atomic mass is 10.0. The van der Waals surface area contributed by atoms with E-state index in [0.717, 1.165) is 38.3 Å². The first-order valence-corrected chi connectivity index (χ1v) is 5.20. The molecule has 2 N–H and O–H groups in total. The van der Waals surface area contributed by atoms with Crippen molar-refractivity contribution in [3.63, 3.8) is 0 Å². The molecule has 0 fully saturated rings. The molecule has 0 amide bonds. The minimum Gasteiger partial charge on any atom is -0.397 e. The van der Waals surface area contributed by atoms with Crippen LogP contribution in [0.2, 0.25) is 5.02 Å². The van der Waals surface area contributed by atoms with E-state index < -0.39 is 0 Å². The predicted octanol–water partition coefficient (Wildman–Crippen LogP) is 3.40. The molecule has 2 aromatic rings. The van der Waals surface area contributed by atoms with Crippen LogP contribution in [0.3, 0.4) is 0 Å². The van der Waals surface area contributed by atoms with E-state index in [1.54, 1.807) is 6.20 Å². The predicted molar refractivity (Wildman–Crippen MR) is 65.4 cm³/mol. The van der Waals surface area contributed by atoms with Crippen molar-refractivity contribution < 1.29 is 0 Å². The van der Waals surface area contributed by atoms with E-state index in [1.165, 1.54) is 0 Å². The highest BCUT2D eigenvalue weighted by atomic mass is 35.5. The van der Waals surface area contributed by atoms with Gasteiger partial charge in [-0.15, -0.1) is 0 Å². The average Bonchev–Trinajstić information content (AvgIpc) is 2.21. The van der Waals surface area contributed by atoms with Crippen molar-refractivity contribution in [3.05, 3.63) is 34.0 Å². The Bertz CT molecular complexity index is 547. The van der Waals surface area contributed by atoms with Crippen molar-refractivity contribution in [1.29, 1.82) is 0 Å². The van der Waals surface area contributed by atoms with E-state index in [4.69, 9.17) is 17.3 Å². The van der Waals surface area contributed by atoms with Crippen LogP contribution in [0.25, 0.3) is 10.9 Å². The average molecular weight is 221 g/mol. The molecule has 0 atom stereocenters. The number of aryl methyl sites for hydroxylation is 2. The molecule has 1 aromatic heterocycles. The Balaban J connectivity index is 2.98. The second kappa shape index (κ2) is 3.38. The van der Waals surface area contributed by atoms with Crippen molar-refractivity contribution in [3.8, 4) is 0 Å². The fourth-order valence-electron chi connectivity index (χ4n) is 1.67. The second-order valence-corrected chi connectivity index (χ2v) is 4.26. The van der Waals surface area contributed by atoms with Crippen molar-refractivity contribution in [2.45, 2.75) is 20.8 Å². The zero-order valence-electron chi connectivity index (χ0n) is 9.06. The third kappa shape index (κ3) is 1.45. The zero-order valence-corrected chi connectivity index (χ0v) is 9.81. The third-order valence-electron chi connectivity index (χ3n) is 2.84. The van der Waals surface area contributed by atoms with E-state index in [-0.39, 0.29) is 0 Å². The van der Waals surface area contributed by atoms with E-state index in [2.05, 4.69) is 4.98 Å². The van der Waals surface area contributed by atoms with E-state index in [1.807, 2.05) is 26.8 Å². The van der Waals surface area contributed by atoms with Gasteiger partial charge in [0.2, 0.25) is 0 Å². The van der Waals surface area contributed by atoms with Gasteiger partial charge in [0, 0.05) is 11.6 Å². The van der Waals surface area contributed by atoms with Crippen LogP contribution in [0.15, 0.2) is 12.3 Å². The number of nitrogens with two attached hydrogens (primary N) is 1. The Morgan fingerprint density at radius 3 is 2.53 bits per heavy atom. The van der Waals surface area contributed by atoms with Crippen LogP contribution in [0, 0.1) is 20.8 Å². The lowest BCUT2D eigenvalue weighted by Crippen LogP contribution is -1.97. The highest BCUT2D eigenvalue weighted by Crippen LogP contribution is 2.31. The molecule has 0 radical (unpaired) electrons. The number of nitrogen functional groups attached to an aromatic ring is 1. The molecule has 2 nitrogen and oxygen atoms in total. The van der Waals surface area contributed by atoms with Crippen LogP contribution in [-0.2, 0) is 0 Å². The summed E-state index contributed by atoms with van der Waals surface area (Å²) in [4.78, 5) is 4.33. The molecule has 78 valence electrons. The summed E-state index contributed by atoms with van der Waals surface area (Å²) < 4.78 is 0. The van der Waals surface area contributed by atoms with Crippen LogP contribution < -0.4 is 5.73 Å². The van der Waals surface area contributed by atoms with Gasteiger partial charge in [-0.2, -0.15) is 0 Å². The number of hydrogen-bond acceptors (Lipinski definition) is 2. The molecule has 0 unspecified atom stereocenters. The topological polar surface area (TPSA) is 38.9 Å². The number of aromatic nitrogens is 1. The molecule has 0 aliphatic rings. The molecule has 1 heterocycles. The molecule has 0 spiro atoms. The van der Waals surface area contributed by atoms with Crippen molar-refractivity contribution in [2.24, 2.45) is 0 Å². The largest absolute Gasteiger partial charge is 0.397 e. The first-order valence-electron chi connectivity index (χ1n) is 4.83. The highest BCUT2D eigenvalue weighted by molar-refractivity contribution is 6.36. The van der Waals surface area contributed by atoms with Crippen LogP contribution in [0.1, 0.15) is 16.7 Å². The summed E-state index contributed by atoms with van der Waals surface area (Å²) in [7, 11) is 0. The minimum absolute atomic E-state index is 0.729. The summed E-state index contributed by atoms with van der Waals surface area (Å²) in [6.07, 6.45) is 1.76. The van der Waals surface area contributed by atoms with E-state index in [9.17, 15) is 0 Å². The molecular formula is C12H13ClN2.